The third-order valence-corrected chi connectivity index (χ3v) is 5.90. The summed E-state index contributed by atoms with van der Waals surface area (Å²) in [4.78, 5) is 29.9. The Morgan fingerprint density at radius 1 is 0.929 bits per heavy atom. The van der Waals surface area contributed by atoms with Gasteiger partial charge in [-0.15, -0.1) is 0 Å². The van der Waals surface area contributed by atoms with Crippen LogP contribution in [0.4, 0.5) is 0 Å². The number of rotatable bonds is 5. The molecule has 0 spiro atoms. The van der Waals surface area contributed by atoms with E-state index in [2.05, 4.69) is 17.0 Å². The zero-order chi connectivity index (χ0) is 19.4. The van der Waals surface area contributed by atoms with Crippen molar-refractivity contribution in [2.24, 2.45) is 0 Å². The first kappa shape index (κ1) is 18.9. The number of ketones is 1. The summed E-state index contributed by atoms with van der Waals surface area (Å²) in [5.41, 5.74) is 0.588. The Bertz CT molecular complexity index is 789. The summed E-state index contributed by atoms with van der Waals surface area (Å²) in [6.45, 7) is 4.21. The van der Waals surface area contributed by atoms with Gasteiger partial charge in [-0.3, -0.25) is 14.5 Å². The van der Waals surface area contributed by atoms with Crippen LogP contribution in [-0.2, 0) is 14.9 Å². The average Bonchev–Trinajstić information content (AvgIpc) is 3.30. The number of furan rings is 1. The van der Waals surface area contributed by atoms with Crippen molar-refractivity contribution in [2.45, 2.75) is 18.3 Å². The van der Waals surface area contributed by atoms with Gasteiger partial charge in [0.25, 0.3) is 0 Å². The highest BCUT2D eigenvalue weighted by atomic mass is 16.5. The summed E-state index contributed by atoms with van der Waals surface area (Å²) in [7, 11) is 0. The summed E-state index contributed by atoms with van der Waals surface area (Å²) in [6.07, 6.45) is 2.95. The van der Waals surface area contributed by atoms with Crippen molar-refractivity contribution < 1.29 is 18.7 Å². The highest BCUT2D eigenvalue weighted by molar-refractivity contribution is 5.95. The quantitative estimate of drug-likeness (QED) is 0.743. The maximum Gasteiger partial charge on any atom is 0.233 e. The normalized spacial score (nSPS) is 20.1. The zero-order valence-corrected chi connectivity index (χ0v) is 16.0. The van der Waals surface area contributed by atoms with Crippen molar-refractivity contribution in [3.8, 4) is 0 Å². The molecule has 1 amide bonds. The van der Waals surface area contributed by atoms with E-state index in [-0.39, 0.29) is 11.7 Å². The van der Waals surface area contributed by atoms with Crippen molar-refractivity contribution in [3.63, 3.8) is 0 Å². The van der Waals surface area contributed by atoms with E-state index in [1.807, 2.05) is 23.1 Å². The molecular weight excluding hydrogens is 356 g/mol. The summed E-state index contributed by atoms with van der Waals surface area (Å²) >= 11 is 0. The Kier molecular flexibility index (Phi) is 5.59. The lowest BCUT2D eigenvalue weighted by molar-refractivity contribution is -0.143. The summed E-state index contributed by atoms with van der Waals surface area (Å²) < 4.78 is 10.7. The number of amides is 1. The first-order valence-corrected chi connectivity index (χ1v) is 9.91. The van der Waals surface area contributed by atoms with E-state index in [9.17, 15) is 9.59 Å². The summed E-state index contributed by atoms with van der Waals surface area (Å²) in [5, 5.41) is 0. The minimum Gasteiger partial charge on any atom is -0.461 e. The molecule has 1 aromatic heterocycles. The largest absolute Gasteiger partial charge is 0.461 e. The van der Waals surface area contributed by atoms with Gasteiger partial charge in [-0.25, -0.2) is 0 Å². The standard InChI is InChI=1S/C22H26N2O4/c25-19(20-7-4-14-28-20)17-23-10-12-24(13-11-23)21(26)22(8-15-27-16-9-22)18-5-2-1-3-6-18/h1-7,14H,8-13,15-17H2. The molecule has 28 heavy (non-hydrogen) atoms. The second-order valence-corrected chi connectivity index (χ2v) is 7.53. The van der Waals surface area contributed by atoms with Crippen molar-refractivity contribution in [2.75, 3.05) is 45.9 Å². The van der Waals surface area contributed by atoms with Crippen LogP contribution in [0.25, 0.3) is 0 Å². The van der Waals surface area contributed by atoms with E-state index in [4.69, 9.17) is 9.15 Å². The molecule has 2 saturated heterocycles. The van der Waals surface area contributed by atoms with E-state index in [0.717, 1.165) is 5.56 Å². The zero-order valence-electron chi connectivity index (χ0n) is 16.0. The molecule has 0 radical (unpaired) electrons. The van der Waals surface area contributed by atoms with Crippen LogP contribution in [0, 0.1) is 0 Å². The van der Waals surface area contributed by atoms with Gasteiger partial charge in [0.1, 0.15) is 0 Å². The smallest absolute Gasteiger partial charge is 0.233 e. The molecule has 3 heterocycles. The molecule has 4 rings (SSSR count). The van der Waals surface area contributed by atoms with Gasteiger partial charge in [0.2, 0.25) is 11.7 Å². The van der Waals surface area contributed by atoms with Gasteiger partial charge in [0, 0.05) is 39.4 Å². The minimum absolute atomic E-state index is 0.0186. The first-order chi connectivity index (χ1) is 13.7. The molecule has 2 aliphatic heterocycles. The lowest BCUT2D eigenvalue weighted by atomic mass is 9.73. The molecule has 148 valence electrons. The minimum atomic E-state index is -0.494. The molecule has 6 nitrogen and oxygen atoms in total. The summed E-state index contributed by atoms with van der Waals surface area (Å²) in [5.74, 6) is 0.567. The van der Waals surface area contributed by atoms with Crippen molar-refractivity contribution >= 4 is 11.7 Å². The van der Waals surface area contributed by atoms with Crippen molar-refractivity contribution in [3.05, 3.63) is 60.1 Å². The lowest BCUT2D eigenvalue weighted by Crippen LogP contribution is -2.56. The van der Waals surface area contributed by atoms with Crippen LogP contribution in [0.2, 0.25) is 0 Å². The van der Waals surface area contributed by atoms with Gasteiger partial charge in [-0.05, 0) is 30.5 Å². The first-order valence-electron chi connectivity index (χ1n) is 9.91. The predicted octanol–water partition coefficient (Wildman–Crippen LogP) is 2.35. The fraction of sp³-hybridized carbons (Fsp3) is 0.455. The van der Waals surface area contributed by atoms with Crippen molar-refractivity contribution in [1.29, 1.82) is 0 Å². The molecule has 2 aromatic rings. The number of Topliss-reactive ketones (excluding diaryl/α,β-unsaturated/α-hetero) is 1. The Morgan fingerprint density at radius 3 is 2.29 bits per heavy atom. The molecule has 2 fully saturated rings. The molecule has 0 bridgehead atoms. The average molecular weight is 382 g/mol. The van der Waals surface area contributed by atoms with E-state index < -0.39 is 5.41 Å². The molecule has 1 aromatic carbocycles. The fourth-order valence-corrected chi connectivity index (χ4v) is 4.23. The molecule has 0 saturated carbocycles. The van der Waals surface area contributed by atoms with Crippen LogP contribution in [0.15, 0.2) is 53.1 Å². The lowest BCUT2D eigenvalue weighted by Gasteiger charge is -2.43. The fourth-order valence-electron chi connectivity index (χ4n) is 4.23. The number of hydrogen-bond acceptors (Lipinski definition) is 5. The number of nitrogens with zero attached hydrogens (tertiary/aromatic N) is 2. The number of hydrogen-bond donors (Lipinski definition) is 0. The van der Waals surface area contributed by atoms with Gasteiger partial charge in [-0.2, -0.15) is 0 Å². The van der Waals surface area contributed by atoms with Crippen LogP contribution in [0.1, 0.15) is 29.0 Å². The highest BCUT2D eigenvalue weighted by Crippen LogP contribution is 2.37. The Morgan fingerprint density at radius 2 is 1.64 bits per heavy atom. The summed E-state index contributed by atoms with van der Waals surface area (Å²) in [6, 6.07) is 13.5. The maximum absolute atomic E-state index is 13.6. The van der Waals surface area contributed by atoms with Crippen molar-refractivity contribution in [1.82, 2.24) is 9.80 Å². The Hall–Kier alpha value is -2.44. The molecule has 0 N–H and O–H groups in total. The second kappa shape index (κ2) is 8.29. The van der Waals surface area contributed by atoms with Gasteiger partial charge in [0.05, 0.1) is 18.2 Å². The third-order valence-electron chi connectivity index (χ3n) is 5.90. The predicted molar refractivity (Wildman–Crippen MR) is 104 cm³/mol. The molecular formula is C22H26N2O4. The monoisotopic (exact) mass is 382 g/mol. The number of carbonyl (C=O) groups excluding carboxylic acids is 2. The number of benzene rings is 1. The van der Waals surface area contributed by atoms with E-state index in [1.165, 1.54) is 6.26 Å². The van der Waals surface area contributed by atoms with E-state index >= 15 is 0 Å². The Labute approximate surface area is 165 Å². The number of carbonyl (C=O) groups is 2. The molecule has 2 aliphatic rings. The Balaban J connectivity index is 1.41. The molecule has 0 unspecified atom stereocenters. The maximum atomic E-state index is 13.6. The van der Waals surface area contributed by atoms with Gasteiger partial charge in [-0.1, -0.05) is 30.3 Å². The van der Waals surface area contributed by atoms with Gasteiger partial charge >= 0.3 is 0 Å². The molecule has 6 heteroatoms. The van der Waals surface area contributed by atoms with Crippen LogP contribution < -0.4 is 0 Å². The van der Waals surface area contributed by atoms with Gasteiger partial charge in [0.15, 0.2) is 5.76 Å². The van der Waals surface area contributed by atoms with Gasteiger partial charge < -0.3 is 14.1 Å². The van der Waals surface area contributed by atoms with Crippen LogP contribution >= 0.6 is 0 Å². The highest BCUT2D eigenvalue weighted by Gasteiger charge is 2.44. The van der Waals surface area contributed by atoms with Crippen LogP contribution in [0.5, 0.6) is 0 Å². The van der Waals surface area contributed by atoms with Crippen LogP contribution in [-0.4, -0.2) is 67.4 Å². The van der Waals surface area contributed by atoms with E-state index in [0.29, 0.717) is 64.5 Å². The van der Waals surface area contributed by atoms with E-state index in [1.54, 1.807) is 12.1 Å². The topological polar surface area (TPSA) is 63.0 Å². The van der Waals surface area contributed by atoms with Crippen LogP contribution in [0.3, 0.4) is 0 Å². The second-order valence-electron chi connectivity index (χ2n) is 7.53. The molecule has 0 atom stereocenters. The number of ether oxygens (including phenoxy) is 1. The number of piperazine rings is 1. The SMILES string of the molecule is O=C(CN1CCN(C(=O)C2(c3ccccc3)CCOCC2)CC1)c1ccco1. The molecule has 0 aliphatic carbocycles. The third kappa shape index (κ3) is 3.75.